The zero-order valence-corrected chi connectivity index (χ0v) is 39.4. The van der Waals surface area contributed by atoms with Crippen molar-refractivity contribution in [3.8, 4) is 22.3 Å². The zero-order chi connectivity index (χ0) is 45.7. The minimum absolute atomic E-state index is 0.0749. The molecule has 0 N–H and O–H groups in total. The van der Waals surface area contributed by atoms with Crippen LogP contribution in [0.3, 0.4) is 0 Å². The van der Waals surface area contributed by atoms with E-state index in [2.05, 4.69) is 249 Å². The monoisotopic (exact) mass is 877 g/mol. The Bertz CT molecular complexity index is 3270. The van der Waals surface area contributed by atoms with Gasteiger partial charge in [0.05, 0.1) is 11.5 Å². The third kappa shape index (κ3) is 6.89. The number of allylic oxidation sites excluding steroid dienone is 6. The molecule has 4 aliphatic rings. The molecule has 0 radical (unpaired) electrons. The molecule has 0 heterocycles. The molecule has 68 heavy (non-hydrogen) atoms. The normalized spacial score (nSPS) is 22.0. The average molecular weight is 878 g/mol. The molecule has 12 rings (SSSR count). The van der Waals surface area contributed by atoms with E-state index in [0.29, 0.717) is 11.8 Å². The Morgan fingerprint density at radius 3 is 2.01 bits per heavy atom. The molecular weight excluding hydrogens is 819 g/mol. The van der Waals surface area contributed by atoms with Crippen LogP contribution in [0.4, 0.5) is 11.4 Å². The summed E-state index contributed by atoms with van der Waals surface area (Å²) in [5.41, 5.74) is 17.6. The quantitative estimate of drug-likeness (QED) is 0.140. The Kier molecular flexibility index (Phi) is 10.8. The summed E-state index contributed by atoms with van der Waals surface area (Å²) in [7, 11) is 0. The SMILES string of the molecule is CC1CC=CC2=C1C(c1ccccc1)(c1cccc(N(c3ccccc3-c3cccc4cccc(C5CCCCC5)c34)C3C=CC=CC3(C)c3ccc(-c4ccccc4)cc3)c1)c1ccccc12. The van der Waals surface area contributed by atoms with Gasteiger partial charge in [0, 0.05) is 22.4 Å². The van der Waals surface area contributed by atoms with E-state index >= 15 is 0 Å². The highest BCUT2D eigenvalue weighted by molar-refractivity contribution is 6.03. The topological polar surface area (TPSA) is 3.24 Å². The lowest BCUT2D eigenvalue weighted by Gasteiger charge is -2.45. The van der Waals surface area contributed by atoms with Crippen LogP contribution in [-0.2, 0) is 10.8 Å². The molecule has 0 aliphatic heterocycles. The number of nitrogens with zero attached hydrogens (tertiary/aromatic N) is 1. The summed E-state index contributed by atoms with van der Waals surface area (Å²) in [5, 5.41) is 2.73. The number of benzene rings is 8. The predicted octanol–water partition coefficient (Wildman–Crippen LogP) is 17.5. The summed E-state index contributed by atoms with van der Waals surface area (Å²) in [4.78, 5) is 2.70. The van der Waals surface area contributed by atoms with E-state index in [1.54, 1.807) is 0 Å². The highest BCUT2D eigenvalue weighted by atomic mass is 15.2. The van der Waals surface area contributed by atoms with Crippen molar-refractivity contribution >= 4 is 27.7 Å². The van der Waals surface area contributed by atoms with Crippen LogP contribution in [0.2, 0.25) is 0 Å². The Morgan fingerprint density at radius 2 is 1.21 bits per heavy atom. The van der Waals surface area contributed by atoms with Crippen molar-refractivity contribution in [1.29, 1.82) is 0 Å². The van der Waals surface area contributed by atoms with Gasteiger partial charge in [0.1, 0.15) is 0 Å². The first-order chi connectivity index (χ1) is 33.5. The van der Waals surface area contributed by atoms with Crippen molar-refractivity contribution < 1.29 is 0 Å². The maximum absolute atomic E-state index is 2.70. The van der Waals surface area contributed by atoms with Gasteiger partial charge >= 0.3 is 0 Å². The molecule has 8 aromatic rings. The fourth-order valence-corrected chi connectivity index (χ4v) is 12.9. The van der Waals surface area contributed by atoms with E-state index in [0.717, 1.165) is 6.42 Å². The first-order valence-electron chi connectivity index (χ1n) is 25.1. The second kappa shape index (κ2) is 17.5. The number of anilines is 2. The van der Waals surface area contributed by atoms with E-state index in [1.165, 1.54) is 121 Å². The maximum atomic E-state index is 2.70. The van der Waals surface area contributed by atoms with E-state index < -0.39 is 10.8 Å². The van der Waals surface area contributed by atoms with Crippen LogP contribution in [0.1, 0.15) is 91.7 Å². The number of hydrogen-bond donors (Lipinski definition) is 0. The van der Waals surface area contributed by atoms with Gasteiger partial charge in [-0.15, -0.1) is 0 Å². The predicted molar refractivity (Wildman–Crippen MR) is 288 cm³/mol. The third-order valence-electron chi connectivity index (χ3n) is 16.1. The molecular formula is C67H59N. The van der Waals surface area contributed by atoms with Gasteiger partial charge in [-0.25, -0.2) is 0 Å². The highest BCUT2D eigenvalue weighted by Crippen LogP contribution is 2.59. The standard InChI is InChI=1S/C67H59N/c1-47-22-18-37-60-57-33-12-14-38-61(57)67(65(47)60,53-29-10-5-11-30-53)54-31-21-32-55(46-54)68(63-40-16-17-45-66(63,2)52-43-41-49(42-44-52)48-23-6-3-7-24-48)62-39-15-13-34-58(62)59-36-20-28-51-27-19-35-56(64(51)59)50-25-8-4-9-26-50/h3,5-7,10-21,23-24,27-47,50,63H,4,8-9,22,25-26H2,1-2H3. The zero-order valence-electron chi connectivity index (χ0n) is 39.4. The van der Waals surface area contributed by atoms with Crippen LogP contribution < -0.4 is 4.90 Å². The van der Waals surface area contributed by atoms with Gasteiger partial charge < -0.3 is 4.90 Å². The fraction of sp³-hybridized carbons (Fsp3) is 0.194. The number of para-hydroxylation sites is 1. The molecule has 1 nitrogen and oxygen atoms in total. The van der Waals surface area contributed by atoms with E-state index in [4.69, 9.17) is 0 Å². The molecule has 332 valence electrons. The lowest BCUT2D eigenvalue weighted by Crippen LogP contribution is -2.46. The minimum atomic E-state index is -0.470. The van der Waals surface area contributed by atoms with Crippen molar-refractivity contribution in [3.05, 3.63) is 270 Å². The van der Waals surface area contributed by atoms with Crippen LogP contribution in [0.25, 0.3) is 38.6 Å². The van der Waals surface area contributed by atoms with Crippen LogP contribution in [0.15, 0.2) is 236 Å². The molecule has 4 unspecified atom stereocenters. The number of rotatable bonds is 9. The van der Waals surface area contributed by atoms with Gasteiger partial charge in [-0.05, 0) is 128 Å². The lowest BCUT2D eigenvalue weighted by atomic mass is 9.63. The Morgan fingerprint density at radius 1 is 0.544 bits per heavy atom. The molecule has 4 atom stereocenters. The first-order valence-corrected chi connectivity index (χ1v) is 25.1. The van der Waals surface area contributed by atoms with Crippen molar-refractivity contribution in [3.63, 3.8) is 0 Å². The van der Waals surface area contributed by atoms with Crippen LogP contribution in [0, 0.1) is 5.92 Å². The van der Waals surface area contributed by atoms with E-state index in [-0.39, 0.29) is 6.04 Å². The molecule has 1 saturated carbocycles. The summed E-state index contributed by atoms with van der Waals surface area (Å²) in [6.45, 7) is 4.88. The van der Waals surface area contributed by atoms with Gasteiger partial charge in [-0.3, -0.25) is 0 Å². The van der Waals surface area contributed by atoms with Crippen LogP contribution in [-0.4, -0.2) is 6.04 Å². The molecule has 1 heteroatoms. The van der Waals surface area contributed by atoms with Gasteiger partial charge in [0.15, 0.2) is 0 Å². The summed E-state index contributed by atoms with van der Waals surface area (Å²) < 4.78 is 0. The minimum Gasteiger partial charge on any atom is -0.333 e. The largest absolute Gasteiger partial charge is 0.333 e. The van der Waals surface area contributed by atoms with E-state index in [9.17, 15) is 0 Å². The lowest BCUT2D eigenvalue weighted by molar-refractivity contribution is 0.445. The van der Waals surface area contributed by atoms with Crippen molar-refractivity contribution in [2.75, 3.05) is 4.90 Å². The summed E-state index contributed by atoms with van der Waals surface area (Å²) in [5.74, 6) is 0.933. The van der Waals surface area contributed by atoms with Gasteiger partial charge in [-0.1, -0.05) is 239 Å². The second-order valence-corrected chi connectivity index (χ2v) is 20.0. The van der Waals surface area contributed by atoms with E-state index in [1.807, 2.05) is 0 Å². The molecule has 0 amide bonds. The van der Waals surface area contributed by atoms with Gasteiger partial charge in [0.25, 0.3) is 0 Å². The highest BCUT2D eigenvalue weighted by Gasteiger charge is 2.50. The molecule has 4 aliphatic carbocycles. The number of fused-ring (bicyclic) bond motifs is 3. The number of hydrogen-bond acceptors (Lipinski definition) is 1. The molecule has 8 aromatic carbocycles. The summed E-state index contributed by atoms with van der Waals surface area (Å²) >= 11 is 0. The van der Waals surface area contributed by atoms with Gasteiger partial charge in [0.2, 0.25) is 0 Å². The Balaban J connectivity index is 1.10. The molecule has 1 fully saturated rings. The molecule has 0 aromatic heterocycles. The summed E-state index contributed by atoms with van der Waals surface area (Å²) in [6.07, 6.45) is 21.7. The van der Waals surface area contributed by atoms with Crippen molar-refractivity contribution in [2.45, 2.75) is 75.2 Å². The van der Waals surface area contributed by atoms with Crippen molar-refractivity contribution in [2.24, 2.45) is 5.92 Å². The second-order valence-electron chi connectivity index (χ2n) is 20.0. The first kappa shape index (κ1) is 42.2. The molecule has 0 bridgehead atoms. The Hall–Kier alpha value is -7.22. The van der Waals surface area contributed by atoms with Crippen LogP contribution >= 0.6 is 0 Å². The third-order valence-corrected chi connectivity index (χ3v) is 16.1. The maximum Gasteiger partial charge on any atom is 0.0679 e. The smallest absolute Gasteiger partial charge is 0.0679 e. The summed E-state index contributed by atoms with van der Waals surface area (Å²) in [6, 6.07) is 73.6. The van der Waals surface area contributed by atoms with Crippen molar-refractivity contribution in [1.82, 2.24) is 0 Å². The van der Waals surface area contributed by atoms with Gasteiger partial charge in [-0.2, -0.15) is 0 Å². The van der Waals surface area contributed by atoms with Crippen LogP contribution in [0.5, 0.6) is 0 Å². The Labute approximate surface area is 403 Å². The fourth-order valence-electron chi connectivity index (χ4n) is 12.9. The average Bonchev–Trinajstić information content (AvgIpc) is 3.72. The molecule has 0 saturated heterocycles. The molecule has 0 spiro atoms.